The number of carbonyl (C=O) groups is 2. The monoisotopic (exact) mass is 589 g/mol. The van der Waals surface area contributed by atoms with Gasteiger partial charge in [-0.2, -0.15) is 4.98 Å². The summed E-state index contributed by atoms with van der Waals surface area (Å²) >= 11 is 0. The summed E-state index contributed by atoms with van der Waals surface area (Å²) in [6, 6.07) is 22.8. The molecule has 1 amide bonds. The van der Waals surface area contributed by atoms with Crippen LogP contribution < -0.4 is 20.7 Å². The number of methoxy groups -OCH3 is 1. The molecule has 2 aromatic carbocycles. The molecule has 0 bridgehead atoms. The lowest BCUT2D eigenvalue weighted by Crippen LogP contribution is -2.47. The fourth-order valence-corrected chi connectivity index (χ4v) is 5.24. The zero-order chi connectivity index (χ0) is 30.6. The predicted octanol–water partition coefficient (Wildman–Crippen LogP) is 3.53. The highest BCUT2D eigenvalue weighted by molar-refractivity contribution is 5.94. The van der Waals surface area contributed by atoms with Gasteiger partial charge < -0.3 is 19.9 Å². The molecule has 5 aromatic rings. The maximum Gasteiger partial charge on any atom is 0.337 e. The molecule has 3 aromatic heterocycles. The van der Waals surface area contributed by atoms with Crippen molar-refractivity contribution in [3.63, 3.8) is 0 Å². The smallest absolute Gasteiger partial charge is 0.337 e. The van der Waals surface area contributed by atoms with Gasteiger partial charge in [-0.3, -0.25) is 14.2 Å². The summed E-state index contributed by atoms with van der Waals surface area (Å²) in [4.78, 5) is 56.1. The molecule has 6 rings (SSSR count). The van der Waals surface area contributed by atoms with Crippen molar-refractivity contribution in [3.05, 3.63) is 118 Å². The Morgan fingerprint density at radius 2 is 1.55 bits per heavy atom. The van der Waals surface area contributed by atoms with Crippen molar-refractivity contribution in [2.75, 3.05) is 43.1 Å². The molecule has 222 valence electrons. The molecule has 0 unspecified atom stereocenters. The quantitative estimate of drug-likeness (QED) is 0.284. The number of amides is 1. The minimum absolute atomic E-state index is 0.228. The molecule has 0 saturated carbocycles. The number of aryl methyl sites for hydroxylation is 1. The fraction of sp³-hybridized carbons (Fsp3) is 0.212. The number of esters is 1. The molecular formula is C33H31N7O4. The summed E-state index contributed by atoms with van der Waals surface area (Å²) in [7, 11) is 1.33. The average molecular weight is 590 g/mol. The summed E-state index contributed by atoms with van der Waals surface area (Å²) < 4.78 is 6.28. The first kappa shape index (κ1) is 28.5. The number of pyridine rings is 2. The number of aromatic nitrogens is 4. The summed E-state index contributed by atoms with van der Waals surface area (Å²) in [5.41, 5.74) is 3.40. The van der Waals surface area contributed by atoms with Crippen molar-refractivity contribution in [2.24, 2.45) is 0 Å². The Kier molecular flexibility index (Phi) is 8.00. The third-order valence-corrected chi connectivity index (χ3v) is 7.68. The van der Waals surface area contributed by atoms with Crippen molar-refractivity contribution in [2.45, 2.75) is 13.5 Å². The number of benzene rings is 2. The first-order valence-corrected chi connectivity index (χ1v) is 14.3. The molecule has 0 radical (unpaired) electrons. The number of fused-ring (bicyclic) bond motifs is 1. The molecule has 1 N–H and O–H groups in total. The Labute approximate surface area is 253 Å². The minimum atomic E-state index is -0.414. The fourth-order valence-electron chi connectivity index (χ4n) is 5.24. The van der Waals surface area contributed by atoms with E-state index >= 15 is 0 Å². The summed E-state index contributed by atoms with van der Waals surface area (Å²) in [5, 5.41) is 3.66. The predicted molar refractivity (Wildman–Crippen MR) is 167 cm³/mol. The number of nitrogens with zero attached hydrogens (tertiary/aromatic N) is 6. The highest BCUT2D eigenvalue weighted by atomic mass is 16.5. The Balaban J connectivity index is 1.20. The number of carbonyl (C=O) groups excluding carboxylic acids is 2. The van der Waals surface area contributed by atoms with Crippen LogP contribution in [0.3, 0.4) is 0 Å². The normalized spacial score (nSPS) is 13.1. The average Bonchev–Trinajstić information content (AvgIpc) is 3.07. The van der Waals surface area contributed by atoms with Crippen LogP contribution in [0.2, 0.25) is 0 Å². The van der Waals surface area contributed by atoms with E-state index in [-0.39, 0.29) is 11.5 Å². The Bertz CT molecular complexity index is 1870. The Hall–Kier alpha value is -5.58. The third-order valence-electron chi connectivity index (χ3n) is 7.68. The molecule has 11 nitrogen and oxygen atoms in total. The van der Waals surface area contributed by atoms with E-state index in [0.29, 0.717) is 35.0 Å². The van der Waals surface area contributed by atoms with E-state index in [9.17, 15) is 14.4 Å². The van der Waals surface area contributed by atoms with Gasteiger partial charge in [-0.25, -0.2) is 14.8 Å². The van der Waals surface area contributed by atoms with Gasteiger partial charge in [-0.05, 0) is 67.1 Å². The second-order valence-electron chi connectivity index (χ2n) is 10.4. The van der Waals surface area contributed by atoms with E-state index in [1.807, 2.05) is 25.1 Å². The van der Waals surface area contributed by atoms with E-state index in [1.165, 1.54) is 13.2 Å². The van der Waals surface area contributed by atoms with E-state index in [1.54, 1.807) is 65.4 Å². The van der Waals surface area contributed by atoms with Gasteiger partial charge in [0.05, 0.1) is 24.1 Å². The first-order chi connectivity index (χ1) is 21.4. The highest BCUT2D eigenvalue weighted by Gasteiger charge is 2.22. The third kappa shape index (κ3) is 5.84. The van der Waals surface area contributed by atoms with Crippen molar-refractivity contribution in [1.82, 2.24) is 24.8 Å². The molecule has 0 spiro atoms. The lowest BCUT2D eigenvalue weighted by Gasteiger charge is -2.35. The first-order valence-electron chi connectivity index (χ1n) is 14.3. The van der Waals surface area contributed by atoms with Crippen LogP contribution in [0, 0.1) is 6.92 Å². The standard InChI is InChI=1S/C33H31N7O4/c1-22-27-14-15-29(41)40(30(27)37-33(36-22)39-19-17-38(18-20-39)28-5-3-4-16-34-28)26-12-10-24(11-13-26)31(42)35-21-23-6-8-25(9-7-23)32(43)44-2/h3-16H,17-21H2,1-2H3,(H,35,42). The van der Waals surface area contributed by atoms with Gasteiger partial charge in [0, 0.05) is 55.9 Å². The maximum atomic E-state index is 13.2. The lowest BCUT2D eigenvalue weighted by molar-refractivity contribution is 0.0600. The van der Waals surface area contributed by atoms with Gasteiger partial charge >= 0.3 is 5.97 Å². The number of anilines is 2. The number of hydrogen-bond acceptors (Lipinski definition) is 9. The molecule has 1 fully saturated rings. The second kappa shape index (κ2) is 12.3. The van der Waals surface area contributed by atoms with Crippen LogP contribution in [0.1, 0.15) is 32.0 Å². The Morgan fingerprint density at radius 1 is 0.841 bits per heavy atom. The van der Waals surface area contributed by atoms with Gasteiger partial charge in [0.15, 0.2) is 5.65 Å². The SMILES string of the molecule is COC(=O)c1ccc(CNC(=O)c2ccc(-n3c(=O)ccc4c(C)nc(N5CCN(c6ccccn6)CC5)nc43)cc2)cc1. The topological polar surface area (TPSA) is 123 Å². The van der Waals surface area contributed by atoms with Gasteiger partial charge in [-0.1, -0.05) is 18.2 Å². The number of hydrogen-bond donors (Lipinski definition) is 1. The van der Waals surface area contributed by atoms with E-state index < -0.39 is 5.97 Å². The number of piperazine rings is 1. The molecule has 0 atom stereocenters. The summed E-state index contributed by atoms with van der Waals surface area (Å²) in [6.07, 6.45) is 1.80. The molecule has 0 aliphatic carbocycles. The van der Waals surface area contributed by atoms with Crippen LogP contribution >= 0.6 is 0 Å². The van der Waals surface area contributed by atoms with Crippen molar-refractivity contribution < 1.29 is 14.3 Å². The van der Waals surface area contributed by atoms with Crippen molar-refractivity contribution in [3.8, 4) is 5.69 Å². The highest BCUT2D eigenvalue weighted by Crippen LogP contribution is 2.23. The van der Waals surface area contributed by atoms with Gasteiger partial charge in [-0.15, -0.1) is 0 Å². The molecule has 11 heteroatoms. The molecule has 1 aliphatic heterocycles. The molecule has 44 heavy (non-hydrogen) atoms. The van der Waals surface area contributed by atoms with Gasteiger partial charge in [0.25, 0.3) is 11.5 Å². The molecular weight excluding hydrogens is 558 g/mol. The maximum absolute atomic E-state index is 13.2. The van der Waals surface area contributed by atoms with Gasteiger partial charge in [0.2, 0.25) is 5.95 Å². The summed E-state index contributed by atoms with van der Waals surface area (Å²) in [5.74, 6) is 0.848. The van der Waals surface area contributed by atoms with Crippen LogP contribution in [0.4, 0.5) is 11.8 Å². The zero-order valence-electron chi connectivity index (χ0n) is 24.4. The zero-order valence-corrected chi connectivity index (χ0v) is 24.4. The number of nitrogens with one attached hydrogen (secondary N) is 1. The van der Waals surface area contributed by atoms with Crippen molar-refractivity contribution >= 4 is 34.7 Å². The van der Waals surface area contributed by atoms with Gasteiger partial charge in [0.1, 0.15) is 5.82 Å². The Morgan fingerprint density at radius 3 is 2.23 bits per heavy atom. The second-order valence-corrected chi connectivity index (χ2v) is 10.4. The lowest BCUT2D eigenvalue weighted by atomic mass is 10.1. The van der Waals surface area contributed by atoms with Crippen LogP contribution in [-0.2, 0) is 11.3 Å². The van der Waals surface area contributed by atoms with Crippen molar-refractivity contribution in [1.29, 1.82) is 0 Å². The summed E-state index contributed by atoms with van der Waals surface area (Å²) in [6.45, 7) is 5.21. The minimum Gasteiger partial charge on any atom is -0.465 e. The molecule has 1 saturated heterocycles. The van der Waals surface area contributed by atoms with Crippen LogP contribution in [0.25, 0.3) is 16.7 Å². The van der Waals surface area contributed by atoms with Crippen LogP contribution in [-0.4, -0.2) is 64.7 Å². The molecule has 4 heterocycles. The van der Waals surface area contributed by atoms with E-state index in [2.05, 4.69) is 20.1 Å². The van der Waals surface area contributed by atoms with Crippen LogP contribution in [0.15, 0.2) is 89.9 Å². The van der Waals surface area contributed by atoms with E-state index in [0.717, 1.165) is 48.6 Å². The largest absolute Gasteiger partial charge is 0.465 e. The molecule has 1 aliphatic rings. The van der Waals surface area contributed by atoms with Crippen LogP contribution in [0.5, 0.6) is 0 Å². The van der Waals surface area contributed by atoms with E-state index in [4.69, 9.17) is 14.7 Å². The number of ether oxygens (including phenoxy) is 1. The number of rotatable bonds is 7.